The number of hydrogen-bond donors (Lipinski definition) is 1. The van der Waals surface area contributed by atoms with Crippen LogP contribution in [0.1, 0.15) is 24.5 Å². The SMILES string of the molecule is Cc1ccncc1CN=C1NC(C)CCS1. The first-order chi connectivity index (χ1) is 7.75. The lowest BCUT2D eigenvalue weighted by Crippen LogP contribution is -2.35. The number of aryl methyl sites for hydroxylation is 1. The van der Waals surface area contributed by atoms with Gasteiger partial charge in [0.05, 0.1) is 6.54 Å². The Kier molecular flexibility index (Phi) is 3.83. The molecule has 0 radical (unpaired) electrons. The van der Waals surface area contributed by atoms with E-state index < -0.39 is 0 Å². The predicted octanol–water partition coefficient (Wildman–Crippen LogP) is 2.36. The zero-order valence-electron chi connectivity index (χ0n) is 9.73. The summed E-state index contributed by atoms with van der Waals surface area (Å²) in [6, 6.07) is 2.58. The molecular formula is C12H17N3S. The van der Waals surface area contributed by atoms with Crippen molar-refractivity contribution < 1.29 is 0 Å². The van der Waals surface area contributed by atoms with Gasteiger partial charge in [0, 0.05) is 24.2 Å². The van der Waals surface area contributed by atoms with E-state index in [0.29, 0.717) is 6.04 Å². The summed E-state index contributed by atoms with van der Waals surface area (Å²) in [5, 5.41) is 4.47. The summed E-state index contributed by atoms with van der Waals surface area (Å²) < 4.78 is 0. The van der Waals surface area contributed by atoms with E-state index in [4.69, 9.17) is 0 Å². The van der Waals surface area contributed by atoms with Crippen molar-refractivity contribution in [1.82, 2.24) is 10.3 Å². The van der Waals surface area contributed by atoms with Crippen LogP contribution in [0.3, 0.4) is 0 Å². The van der Waals surface area contributed by atoms with Crippen molar-refractivity contribution in [2.75, 3.05) is 5.75 Å². The molecule has 1 unspecified atom stereocenters. The lowest BCUT2D eigenvalue weighted by atomic mass is 10.2. The van der Waals surface area contributed by atoms with E-state index in [1.165, 1.54) is 23.3 Å². The molecule has 1 saturated heterocycles. The normalized spacial score (nSPS) is 23.1. The number of rotatable bonds is 2. The second-order valence-corrected chi connectivity index (χ2v) is 5.19. The van der Waals surface area contributed by atoms with Crippen LogP contribution < -0.4 is 5.32 Å². The van der Waals surface area contributed by atoms with Gasteiger partial charge in [-0.3, -0.25) is 9.98 Å². The van der Waals surface area contributed by atoms with Crippen LogP contribution in [0, 0.1) is 6.92 Å². The first-order valence-electron chi connectivity index (χ1n) is 5.59. The Morgan fingerprint density at radius 2 is 2.50 bits per heavy atom. The molecule has 0 spiro atoms. The van der Waals surface area contributed by atoms with Crippen LogP contribution in [0.2, 0.25) is 0 Å². The number of aliphatic imine (C=N–C) groups is 1. The van der Waals surface area contributed by atoms with E-state index in [9.17, 15) is 0 Å². The summed E-state index contributed by atoms with van der Waals surface area (Å²) >= 11 is 1.81. The molecule has 4 heteroatoms. The Morgan fingerprint density at radius 1 is 1.62 bits per heavy atom. The average molecular weight is 235 g/mol. The number of hydrogen-bond acceptors (Lipinski definition) is 3. The van der Waals surface area contributed by atoms with Gasteiger partial charge < -0.3 is 5.32 Å². The summed E-state index contributed by atoms with van der Waals surface area (Å²) in [5.41, 5.74) is 2.46. The van der Waals surface area contributed by atoms with Crippen LogP contribution in [0.25, 0.3) is 0 Å². The summed E-state index contributed by atoms with van der Waals surface area (Å²) in [7, 11) is 0. The van der Waals surface area contributed by atoms with E-state index in [1.54, 1.807) is 0 Å². The van der Waals surface area contributed by atoms with Crippen LogP contribution in [-0.2, 0) is 6.54 Å². The molecule has 0 amide bonds. The topological polar surface area (TPSA) is 37.3 Å². The minimum absolute atomic E-state index is 0.551. The average Bonchev–Trinajstić information content (AvgIpc) is 2.28. The van der Waals surface area contributed by atoms with Gasteiger partial charge in [0.15, 0.2) is 5.17 Å². The first-order valence-corrected chi connectivity index (χ1v) is 6.57. The fraction of sp³-hybridized carbons (Fsp3) is 0.500. The Hall–Kier alpha value is -1.03. The molecular weight excluding hydrogens is 218 g/mol. The predicted molar refractivity (Wildman–Crippen MR) is 69.8 cm³/mol. The zero-order valence-corrected chi connectivity index (χ0v) is 10.5. The Bertz CT molecular complexity index is 390. The molecule has 1 aromatic heterocycles. The van der Waals surface area contributed by atoms with Gasteiger partial charge in [-0.1, -0.05) is 11.8 Å². The van der Waals surface area contributed by atoms with Gasteiger partial charge in [0.25, 0.3) is 0 Å². The second kappa shape index (κ2) is 5.34. The van der Waals surface area contributed by atoms with Crippen LogP contribution in [0.4, 0.5) is 0 Å². The highest BCUT2D eigenvalue weighted by molar-refractivity contribution is 8.13. The maximum Gasteiger partial charge on any atom is 0.157 e. The largest absolute Gasteiger partial charge is 0.362 e. The van der Waals surface area contributed by atoms with Gasteiger partial charge in [0.1, 0.15) is 0 Å². The molecule has 0 aliphatic carbocycles. The van der Waals surface area contributed by atoms with Gasteiger partial charge >= 0.3 is 0 Å². The molecule has 1 aliphatic rings. The molecule has 86 valence electrons. The standard InChI is InChI=1S/C12H17N3S/c1-9-3-5-13-7-11(9)8-14-12-15-10(2)4-6-16-12/h3,5,7,10H,4,6,8H2,1-2H3,(H,14,15). The Balaban J connectivity index is 2.00. The molecule has 2 heterocycles. The van der Waals surface area contributed by atoms with Crippen molar-refractivity contribution in [2.45, 2.75) is 32.9 Å². The van der Waals surface area contributed by atoms with Gasteiger partial charge in [-0.25, -0.2) is 0 Å². The number of pyridine rings is 1. The molecule has 1 fully saturated rings. The molecule has 1 aromatic rings. The van der Waals surface area contributed by atoms with E-state index in [1.807, 2.05) is 30.2 Å². The van der Waals surface area contributed by atoms with Crippen molar-refractivity contribution in [3.63, 3.8) is 0 Å². The van der Waals surface area contributed by atoms with E-state index in [0.717, 1.165) is 11.7 Å². The number of amidine groups is 1. The number of aromatic nitrogens is 1. The maximum absolute atomic E-state index is 4.59. The minimum Gasteiger partial charge on any atom is -0.362 e. The lowest BCUT2D eigenvalue weighted by molar-refractivity contribution is 0.642. The van der Waals surface area contributed by atoms with Gasteiger partial charge in [-0.05, 0) is 37.5 Å². The molecule has 16 heavy (non-hydrogen) atoms. The Morgan fingerprint density at radius 3 is 3.25 bits per heavy atom. The van der Waals surface area contributed by atoms with Crippen LogP contribution >= 0.6 is 11.8 Å². The maximum atomic E-state index is 4.59. The number of nitrogens with zero attached hydrogens (tertiary/aromatic N) is 2. The third-order valence-electron chi connectivity index (χ3n) is 2.70. The van der Waals surface area contributed by atoms with Gasteiger partial charge in [-0.15, -0.1) is 0 Å². The molecule has 0 aromatic carbocycles. The molecule has 1 atom stereocenters. The van der Waals surface area contributed by atoms with Crippen molar-refractivity contribution in [1.29, 1.82) is 0 Å². The third kappa shape index (κ3) is 2.98. The van der Waals surface area contributed by atoms with Crippen molar-refractivity contribution >= 4 is 16.9 Å². The highest BCUT2D eigenvalue weighted by atomic mass is 32.2. The van der Waals surface area contributed by atoms with Crippen molar-refractivity contribution in [3.05, 3.63) is 29.6 Å². The monoisotopic (exact) mass is 235 g/mol. The highest BCUT2D eigenvalue weighted by Crippen LogP contribution is 2.15. The molecule has 0 saturated carbocycles. The third-order valence-corrected chi connectivity index (χ3v) is 3.66. The summed E-state index contributed by atoms with van der Waals surface area (Å²) in [6.07, 6.45) is 4.94. The van der Waals surface area contributed by atoms with Crippen LogP contribution in [0.5, 0.6) is 0 Å². The number of thioether (sulfide) groups is 1. The molecule has 2 rings (SSSR count). The first kappa shape index (κ1) is 11.5. The van der Waals surface area contributed by atoms with E-state index in [2.05, 4.69) is 29.1 Å². The highest BCUT2D eigenvalue weighted by Gasteiger charge is 2.12. The fourth-order valence-corrected chi connectivity index (χ4v) is 2.67. The van der Waals surface area contributed by atoms with Crippen LogP contribution in [0.15, 0.2) is 23.5 Å². The second-order valence-electron chi connectivity index (χ2n) is 4.11. The molecule has 1 N–H and O–H groups in total. The van der Waals surface area contributed by atoms with E-state index >= 15 is 0 Å². The smallest absolute Gasteiger partial charge is 0.157 e. The lowest BCUT2D eigenvalue weighted by Gasteiger charge is -2.21. The van der Waals surface area contributed by atoms with Gasteiger partial charge in [0.2, 0.25) is 0 Å². The van der Waals surface area contributed by atoms with Crippen molar-refractivity contribution in [2.24, 2.45) is 4.99 Å². The van der Waals surface area contributed by atoms with E-state index in [-0.39, 0.29) is 0 Å². The molecule has 0 bridgehead atoms. The molecule has 1 aliphatic heterocycles. The van der Waals surface area contributed by atoms with Crippen molar-refractivity contribution in [3.8, 4) is 0 Å². The minimum atomic E-state index is 0.551. The van der Waals surface area contributed by atoms with Crippen LogP contribution in [-0.4, -0.2) is 21.9 Å². The Labute approximate surface area is 101 Å². The zero-order chi connectivity index (χ0) is 11.4. The van der Waals surface area contributed by atoms with Gasteiger partial charge in [-0.2, -0.15) is 0 Å². The summed E-state index contributed by atoms with van der Waals surface area (Å²) in [6.45, 7) is 5.02. The fourth-order valence-electron chi connectivity index (χ4n) is 1.57. The summed E-state index contributed by atoms with van der Waals surface area (Å²) in [4.78, 5) is 8.72. The molecule has 3 nitrogen and oxygen atoms in total. The number of nitrogens with one attached hydrogen (secondary N) is 1. The quantitative estimate of drug-likeness (QED) is 0.855. The summed E-state index contributed by atoms with van der Waals surface area (Å²) in [5.74, 6) is 1.17.